The van der Waals surface area contributed by atoms with Gasteiger partial charge >= 0.3 is 5.97 Å². The van der Waals surface area contributed by atoms with Gasteiger partial charge in [0.1, 0.15) is 0 Å². The Balaban J connectivity index is 1.68. The predicted molar refractivity (Wildman–Crippen MR) is 90.3 cm³/mol. The maximum Gasteiger partial charge on any atom is 0.335 e. The third-order valence-electron chi connectivity index (χ3n) is 5.46. The molecule has 23 heavy (non-hydrogen) atoms. The molecule has 3 aliphatic rings. The fourth-order valence-electron chi connectivity index (χ4n) is 3.93. The van der Waals surface area contributed by atoms with E-state index in [1.54, 1.807) is 6.08 Å². The zero-order valence-electron chi connectivity index (χ0n) is 14.0. The van der Waals surface area contributed by atoms with Crippen LogP contribution in [0.25, 0.3) is 0 Å². The molecule has 0 aliphatic carbocycles. The summed E-state index contributed by atoms with van der Waals surface area (Å²) >= 11 is 0. The summed E-state index contributed by atoms with van der Waals surface area (Å²) in [4.78, 5) is 18.4. The Kier molecular flexibility index (Phi) is 5.04. The Labute approximate surface area is 138 Å². The summed E-state index contributed by atoms with van der Waals surface area (Å²) in [5.74, 6) is -0.837. The lowest BCUT2D eigenvalue weighted by atomic mass is 9.85. The van der Waals surface area contributed by atoms with Crippen LogP contribution in [0.2, 0.25) is 0 Å². The molecule has 0 amide bonds. The van der Waals surface area contributed by atoms with Crippen molar-refractivity contribution in [3.63, 3.8) is 0 Å². The molecule has 0 aromatic heterocycles. The number of hydrogen-bond acceptors (Lipinski definition) is 5. The molecule has 2 N–H and O–H groups in total. The van der Waals surface area contributed by atoms with Crippen molar-refractivity contribution in [2.45, 2.75) is 18.4 Å². The number of carboxylic acid groups (broad SMARTS) is 1. The van der Waals surface area contributed by atoms with Crippen LogP contribution in [0.1, 0.15) is 12.8 Å². The number of hydrogen-bond donors (Lipinski definition) is 2. The average Bonchev–Trinajstić information content (AvgIpc) is 2.57. The van der Waals surface area contributed by atoms with Gasteiger partial charge in [-0.3, -0.25) is 4.90 Å². The molecule has 6 nitrogen and oxygen atoms in total. The number of piperazine rings is 1. The summed E-state index contributed by atoms with van der Waals surface area (Å²) in [6, 6.07) is 0. The summed E-state index contributed by atoms with van der Waals surface area (Å²) in [7, 11) is 2.19. The van der Waals surface area contributed by atoms with Crippen molar-refractivity contribution in [1.82, 2.24) is 20.0 Å². The summed E-state index contributed by atoms with van der Waals surface area (Å²) in [5, 5.41) is 12.5. The molecule has 2 saturated heterocycles. The summed E-state index contributed by atoms with van der Waals surface area (Å²) in [5.41, 5.74) is 0.617. The molecule has 0 spiro atoms. The molecule has 0 saturated carbocycles. The van der Waals surface area contributed by atoms with Crippen LogP contribution < -0.4 is 5.32 Å². The molecule has 0 aromatic rings. The number of nitrogens with zero attached hydrogens (tertiary/aromatic N) is 3. The molecule has 0 radical (unpaired) electrons. The van der Waals surface area contributed by atoms with Gasteiger partial charge in [-0.25, -0.2) is 4.79 Å². The first-order valence-electron chi connectivity index (χ1n) is 8.59. The van der Waals surface area contributed by atoms with Crippen LogP contribution in [0.5, 0.6) is 0 Å². The van der Waals surface area contributed by atoms with Crippen molar-refractivity contribution in [3.8, 4) is 0 Å². The summed E-state index contributed by atoms with van der Waals surface area (Å²) in [6.45, 7) is 8.34. The minimum absolute atomic E-state index is 0.214. The van der Waals surface area contributed by atoms with E-state index in [-0.39, 0.29) is 5.54 Å². The van der Waals surface area contributed by atoms with Crippen LogP contribution in [0.3, 0.4) is 0 Å². The highest BCUT2D eigenvalue weighted by molar-refractivity contribution is 5.90. The first kappa shape index (κ1) is 16.5. The van der Waals surface area contributed by atoms with Crippen LogP contribution in [-0.2, 0) is 4.79 Å². The second-order valence-corrected chi connectivity index (χ2v) is 6.97. The molecule has 3 heterocycles. The predicted octanol–water partition coefficient (Wildman–Crippen LogP) is 0.196. The van der Waals surface area contributed by atoms with E-state index in [4.69, 9.17) is 5.11 Å². The maximum atomic E-state index is 11.0. The molecule has 2 fully saturated rings. The van der Waals surface area contributed by atoms with Crippen molar-refractivity contribution < 1.29 is 9.90 Å². The largest absolute Gasteiger partial charge is 0.478 e. The lowest BCUT2D eigenvalue weighted by Gasteiger charge is -2.51. The lowest BCUT2D eigenvalue weighted by molar-refractivity contribution is -0.132. The second kappa shape index (κ2) is 7.03. The van der Waals surface area contributed by atoms with Gasteiger partial charge in [-0.2, -0.15) is 0 Å². The SMILES string of the molecule is CN1CCN(C2(CN3C=CC(C(=O)O)=CC3)CCNCC2)CC1. The third-order valence-corrected chi connectivity index (χ3v) is 5.46. The van der Waals surface area contributed by atoms with Gasteiger partial charge in [-0.05, 0) is 39.1 Å². The van der Waals surface area contributed by atoms with Crippen LogP contribution in [-0.4, -0.2) is 90.7 Å². The molecule has 0 aromatic carbocycles. The van der Waals surface area contributed by atoms with Crippen LogP contribution in [0, 0.1) is 0 Å². The van der Waals surface area contributed by atoms with Crippen molar-refractivity contribution in [2.75, 3.05) is 59.4 Å². The molecular formula is C17H28N4O2. The van der Waals surface area contributed by atoms with E-state index in [9.17, 15) is 4.79 Å². The van der Waals surface area contributed by atoms with Gasteiger partial charge in [-0.15, -0.1) is 0 Å². The number of carboxylic acids is 1. The van der Waals surface area contributed by atoms with Crippen molar-refractivity contribution in [1.29, 1.82) is 0 Å². The molecule has 128 valence electrons. The Morgan fingerprint density at radius 2 is 1.96 bits per heavy atom. The topological polar surface area (TPSA) is 59.0 Å². The number of aliphatic carboxylic acids is 1. The normalized spacial score (nSPS) is 26.1. The number of likely N-dealkylation sites (N-methyl/N-ethyl adjacent to an activating group) is 1. The Hall–Kier alpha value is -1.37. The molecule has 3 rings (SSSR count). The number of rotatable bonds is 4. The maximum absolute atomic E-state index is 11.0. The van der Waals surface area contributed by atoms with E-state index in [1.807, 2.05) is 12.3 Å². The monoisotopic (exact) mass is 320 g/mol. The minimum atomic E-state index is -0.837. The smallest absolute Gasteiger partial charge is 0.335 e. The van der Waals surface area contributed by atoms with Crippen molar-refractivity contribution in [3.05, 3.63) is 23.9 Å². The Morgan fingerprint density at radius 3 is 2.52 bits per heavy atom. The van der Waals surface area contributed by atoms with E-state index >= 15 is 0 Å². The summed E-state index contributed by atoms with van der Waals surface area (Å²) in [6.07, 6.45) is 7.84. The van der Waals surface area contributed by atoms with Gasteiger partial charge in [-0.1, -0.05) is 6.08 Å². The van der Waals surface area contributed by atoms with Crippen LogP contribution >= 0.6 is 0 Å². The van der Waals surface area contributed by atoms with Gasteiger partial charge in [0.25, 0.3) is 0 Å². The van der Waals surface area contributed by atoms with E-state index < -0.39 is 5.97 Å². The molecule has 0 atom stereocenters. The minimum Gasteiger partial charge on any atom is -0.478 e. The van der Waals surface area contributed by atoms with Crippen molar-refractivity contribution in [2.24, 2.45) is 0 Å². The second-order valence-electron chi connectivity index (χ2n) is 6.97. The van der Waals surface area contributed by atoms with E-state index in [2.05, 4.69) is 27.1 Å². The van der Waals surface area contributed by atoms with Crippen LogP contribution in [0.4, 0.5) is 0 Å². The highest BCUT2D eigenvalue weighted by Gasteiger charge is 2.40. The average molecular weight is 320 g/mol. The molecular weight excluding hydrogens is 292 g/mol. The Bertz CT molecular complexity index is 489. The number of piperidine rings is 1. The van der Waals surface area contributed by atoms with Gasteiger partial charge in [0.2, 0.25) is 0 Å². The molecule has 6 heteroatoms. The number of nitrogens with one attached hydrogen (secondary N) is 1. The highest BCUT2D eigenvalue weighted by atomic mass is 16.4. The third kappa shape index (κ3) is 3.76. The fourth-order valence-corrected chi connectivity index (χ4v) is 3.93. The van der Waals surface area contributed by atoms with Gasteiger partial charge in [0, 0.05) is 51.0 Å². The standard InChI is InChI=1S/C17H28N4O2/c1-19-10-12-21(13-11-19)17(4-6-18-7-5-17)14-20-8-2-15(3-9-20)16(22)23/h2-3,8,18H,4-7,9-14H2,1H3,(H,22,23). The first-order valence-corrected chi connectivity index (χ1v) is 8.59. The van der Waals surface area contributed by atoms with Gasteiger partial charge in [0.15, 0.2) is 0 Å². The zero-order valence-corrected chi connectivity index (χ0v) is 14.0. The zero-order chi connectivity index (χ0) is 16.3. The van der Waals surface area contributed by atoms with Gasteiger partial charge in [0.05, 0.1) is 5.57 Å². The van der Waals surface area contributed by atoms with E-state index in [1.165, 1.54) is 0 Å². The summed E-state index contributed by atoms with van der Waals surface area (Å²) < 4.78 is 0. The fraction of sp³-hybridized carbons (Fsp3) is 0.706. The highest BCUT2D eigenvalue weighted by Crippen LogP contribution is 2.29. The van der Waals surface area contributed by atoms with E-state index in [0.717, 1.165) is 58.7 Å². The lowest BCUT2D eigenvalue weighted by Crippen LogP contribution is -2.63. The quantitative estimate of drug-likeness (QED) is 0.772. The first-order chi connectivity index (χ1) is 11.1. The van der Waals surface area contributed by atoms with Crippen LogP contribution in [0.15, 0.2) is 23.9 Å². The van der Waals surface area contributed by atoms with E-state index in [0.29, 0.717) is 12.1 Å². The van der Waals surface area contributed by atoms with Gasteiger partial charge < -0.3 is 20.2 Å². The molecule has 0 unspecified atom stereocenters. The van der Waals surface area contributed by atoms with Crippen molar-refractivity contribution >= 4 is 5.97 Å². The Morgan fingerprint density at radius 1 is 1.26 bits per heavy atom. The molecule has 3 aliphatic heterocycles. The molecule has 0 bridgehead atoms. The number of carbonyl (C=O) groups is 1.